The third-order valence-corrected chi connectivity index (χ3v) is 2.70. The number of benzene rings is 1. The first-order chi connectivity index (χ1) is 10.2. The molecule has 8 heteroatoms. The van der Waals surface area contributed by atoms with Gasteiger partial charge in [0.25, 0.3) is 5.91 Å². The van der Waals surface area contributed by atoms with Crippen LogP contribution in [0.15, 0.2) is 49.1 Å². The molecule has 1 amide bonds. The van der Waals surface area contributed by atoms with Gasteiger partial charge in [0, 0.05) is 0 Å². The van der Waals surface area contributed by atoms with Crippen molar-refractivity contribution in [2.24, 2.45) is 0 Å². The summed E-state index contributed by atoms with van der Waals surface area (Å²) in [5, 5.41) is 10.8. The minimum atomic E-state index is -0.432. The van der Waals surface area contributed by atoms with Gasteiger partial charge in [0.1, 0.15) is 12.0 Å². The molecule has 3 N–H and O–H groups in total. The van der Waals surface area contributed by atoms with Gasteiger partial charge in [-0.1, -0.05) is 18.2 Å². The van der Waals surface area contributed by atoms with E-state index in [1.807, 2.05) is 30.3 Å². The summed E-state index contributed by atoms with van der Waals surface area (Å²) < 4.78 is 0. The molecule has 0 aliphatic heterocycles. The highest BCUT2D eigenvalue weighted by Crippen LogP contribution is 2.13. The lowest BCUT2D eigenvalue weighted by Crippen LogP contribution is -2.15. The van der Waals surface area contributed by atoms with Crippen LogP contribution in [0.2, 0.25) is 0 Å². The number of nitrogens with two attached hydrogens (primary N) is 1. The number of rotatable bonds is 3. The molecule has 0 saturated heterocycles. The summed E-state index contributed by atoms with van der Waals surface area (Å²) in [7, 11) is 0. The molecule has 0 aliphatic rings. The quantitative estimate of drug-likeness (QED) is 0.737. The Bertz CT molecular complexity index is 769. The second-order valence-corrected chi connectivity index (χ2v) is 4.13. The molecule has 8 nitrogen and oxygen atoms in total. The number of nitrogen functional groups attached to an aromatic ring is 1. The smallest absolute Gasteiger partial charge is 0.278 e. The number of aromatic nitrogens is 5. The molecule has 2 heterocycles. The Labute approximate surface area is 119 Å². The maximum absolute atomic E-state index is 12.1. The minimum Gasteiger partial charge on any atom is -0.382 e. The van der Waals surface area contributed by atoms with Gasteiger partial charge >= 0.3 is 0 Å². The fourth-order valence-electron chi connectivity index (χ4n) is 1.67. The van der Waals surface area contributed by atoms with Crippen molar-refractivity contribution in [3.05, 3.63) is 54.7 Å². The number of hydrogen-bond donors (Lipinski definition) is 2. The second-order valence-electron chi connectivity index (χ2n) is 4.13. The molecule has 0 radical (unpaired) electrons. The molecule has 2 aromatic heterocycles. The van der Waals surface area contributed by atoms with Crippen LogP contribution in [0.5, 0.6) is 0 Å². The van der Waals surface area contributed by atoms with Crippen LogP contribution in [-0.4, -0.2) is 30.9 Å². The monoisotopic (exact) mass is 281 g/mol. The zero-order valence-electron chi connectivity index (χ0n) is 10.8. The standard InChI is InChI=1S/C13H11N7O/c14-12-10(6-15-8-16-12)18-13(21)11-7-17-20(19-11)9-4-2-1-3-5-9/h1-8H,(H,18,21)(H2,14,15,16). The molecule has 104 valence electrons. The van der Waals surface area contributed by atoms with Crippen LogP contribution in [0.1, 0.15) is 10.5 Å². The van der Waals surface area contributed by atoms with E-state index in [9.17, 15) is 4.79 Å². The van der Waals surface area contributed by atoms with E-state index in [2.05, 4.69) is 25.5 Å². The molecule has 0 saturated carbocycles. The van der Waals surface area contributed by atoms with Crippen molar-refractivity contribution >= 4 is 17.4 Å². The first-order valence-corrected chi connectivity index (χ1v) is 6.08. The molecule has 21 heavy (non-hydrogen) atoms. The SMILES string of the molecule is Nc1ncncc1NC(=O)c1cnn(-c2ccccc2)n1. The number of nitrogens with zero attached hydrogens (tertiary/aromatic N) is 5. The third-order valence-electron chi connectivity index (χ3n) is 2.70. The van der Waals surface area contributed by atoms with Crippen molar-refractivity contribution in [3.8, 4) is 5.69 Å². The van der Waals surface area contributed by atoms with Gasteiger partial charge in [0.05, 0.1) is 18.1 Å². The Morgan fingerprint density at radius 1 is 1.19 bits per heavy atom. The van der Waals surface area contributed by atoms with Gasteiger partial charge in [-0.2, -0.15) is 9.90 Å². The molecule has 0 spiro atoms. The molecule has 0 aliphatic carbocycles. The van der Waals surface area contributed by atoms with Gasteiger partial charge in [-0.25, -0.2) is 9.97 Å². The van der Waals surface area contributed by atoms with Gasteiger partial charge < -0.3 is 11.1 Å². The van der Waals surface area contributed by atoms with Crippen LogP contribution in [0.25, 0.3) is 5.69 Å². The average Bonchev–Trinajstić information content (AvgIpc) is 3.00. The highest BCUT2D eigenvalue weighted by atomic mass is 16.2. The second kappa shape index (κ2) is 5.37. The summed E-state index contributed by atoms with van der Waals surface area (Å²) in [6.45, 7) is 0. The number of anilines is 2. The van der Waals surface area contributed by atoms with Gasteiger partial charge in [-0.15, -0.1) is 5.10 Å². The van der Waals surface area contributed by atoms with E-state index >= 15 is 0 Å². The summed E-state index contributed by atoms with van der Waals surface area (Å²) in [5.74, 6) is -0.243. The van der Waals surface area contributed by atoms with Crippen molar-refractivity contribution < 1.29 is 4.79 Å². The van der Waals surface area contributed by atoms with Gasteiger partial charge in [-0.3, -0.25) is 4.79 Å². The van der Waals surface area contributed by atoms with E-state index < -0.39 is 5.91 Å². The summed E-state index contributed by atoms with van der Waals surface area (Å²) in [5.41, 5.74) is 6.90. The zero-order chi connectivity index (χ0) is 14.7. The van der Waals surface area contributed by atoms with Crippen LogP contribution >= 0.6 is 0 Å². The van der Waals surface area contributed by atoms with Crippen LogP contribution in [0.3, 0.4) is 0 Å². The lowest BCUT2D eigenvalue weighted by molar-refractivity contribution is 0.102. The van der Waals surface area contributed by atoms with E-state index in [-0.39, 0.29) is 11.5 Å². The Morgan fingerprint density at radius 2 is 2.00 bits per heavy atom. The van der Waals surface area contributed by atoms with Crippen molar-refractivity contribution in [3.63, 3.8) is 0 Å². The lowest BCUT2D eigenvalue weighted by atomic mass is 10.3. The molecule has 3 rings (SSSR count). The highest BCUT2D eigenvalue weighted by Gasteiger charge is 2.13. The largest absolute Gasteiger partial charge is 0.382 e. The molecule has 0 bridgehead atoms. The zero-order valence-corrected chi connectivity index (χ0v) is 10.8. The van der Waals surface area contributed by atoms with Crippen LogP contribution in [-0.2, 0) is 0 Å². The first kappa shape index (κ1) is 12.7. The van der Waals surface area contributed by atoms with Gasteiger partial charge in [-0.05, 0) is 12.1 Å². The Kier molecular flexibility index (Phi) is 3.26. The Hall–Kier alpha value is -3.29. The van der Waals surface area contributed by atoms with E-state index in [1.54, 1.807) is 0 Å². The number of carbonyl (C=O) groups excluding carboxylic acids is 1. The van der Waals surface area contributed by atoms with Crippen molar-refractivity contribution in [2.45, 2.75) is 0 Å². The maximum Gasteiger partial charge on any atom is 0.278 e. The van der Waals surface area contributed by atoms with E-state index in [0.29, 0.717) is 5.69 Å². The normalized spacial score (nSPS) is 10.3. The topological polar surface area (TPSA) is 112 Å². The number of hydrogen-bond acceptors (Lipinski definition) is 6. The molecule has 1 aromatic carbocycles. The molecule has 0 unspecified atom stereocenters. The van der Waals surface area contributed by atoms with Crippen LogP contribution in [0, 0.1) is 0 Å². The third kappa shape index (κ3) is 2.68. The molecule has 0 fully saturated rings. The molecular formula is C13H11N7O. The number of para-hydroxylation sites is 1. The summed E-state index contributed by atoms with van der Waals surface area (Å²) >= 11 is 0. The summed E-state index contributed by atoms with van der Waals surface area (Å²) in [6, 6.07) is 9.29. The van der Waals surface area contributed by atoms with E-state index in [0.717, 1.165) is 5.69 Å². The summed E-state index contributed by atoms with van der Waals surface area (Å²) in [6.07, 6.45) is 4.10. The predicted molar refractivity (Wildman–Crippen MR) is 75.8 cm³/mol. The predicted octanol–water partition coefficient (Wildman–Crippen LogP) is 0.892. The maximum atomic E-state index is 12.1. The molecule has 3 aromatic rings. The highest BCUT2D eigenvalue weighted by molar-refractivity contribution is 6.03. The summed E-state index contributed by atoms with van der Waals surface area (Å²) in [4.78, 5) is 21.0. The van der Waals surface area contributed by atoms with Gasteiger partial charge in [0.15, 0.2) is 11.5 Å². The van der Waals surface area contributed by atoms with E-state index in [4.69, 9.17) is 5.73 Å². The van der Waals surface area contributed by atoms with Gasteiger partial charge in [0.2, 0.25) is 0 Å². The van der Waals surface area contributed by atoms with E-state index in [1.165, 1.54) is 23.5 Å². The van der Waals surface area contributed by atoms with Crippen molar-refractivity contribution in [1.29, 1.82) is 0 Å². The first-order valence-electron chi connectivity index (χ1n) is 6.08. The fourth-order valence-corrected chi connectivity index (χ4v) is 1.67. The number of amides is 1. The number of carbonyl (C=O) groups is 1. The number of nitrogens with one attached hydrogen (secondary N) is 1. The van der Waals surface area contributed by atoms with Crippen LogP contribution < -0.4 is 11.1 Å². The molecule has 0 atom stereocenters. The van der Waals surface area contributed by atoms with Crippen molar-refractivity contribution in [2.75, 3.05) is 11.1 Å². The lowest BCUT2D eigenvalue weighted by Gasteiger charge is -2.03. The average molecular weight is 281 g/mol. The van der Waals surface area contributed by atoms with Crippen LogP contribution in [0.4, 0.5) is 11.5 Å². The fraction of sp³-hybridized carbons (Fsp3) is 0. The minimum absolute atomic E-state index is 0.169. The Balaban J connectivity index is 1.80. The van der Waals surface area contributed by atoms with Crippen molar-refractivity contribution in [1.82, 2.24) is 25.0 Å². The molecular weight excluding hydrogens is 270 g/mol. The Morgan fingerprint density at radius 3 is 2.76 bits per heavy atom.